The van der Waals surface area contributed by atoms with Gasteiger partial charge in [-0.05, 0) is 12.1 Å². The largest absolute Gasteiger partial charge is 0.314 e. The van der Waals surface area contributed by atoms with Gasteiger partial charge in [0.05, 0.1) is 6.54 Å². The van der Waals surface area contributed by atoms with E-state index in [1.165, 1.54) is 0 Å². The SMILES string of the molecule is O=C(CN1CCNCC1)Nc1cc(Cl)ccn1. The van der Waals surface area contributed by atoms with Gasteiger partial charge in [0.15, 0.2) is 0 Å². The lowest BCUT2D eigenvalue weighted by molar-refractivity contribution is -0.117. The zero-order chi connectivity index (χ0) is 12.1. The topological polar surface area (TPSA) is 57.3 Å². The Kier molecular flexibility index (Phi) is 4.30. The Morgan fingerprint density at radius 1 is 1.53 bits per heavy atom. The third-order valence-electron chi connectivity index (χ3n) is 2.57. The highest BCUT2D eigenvalue weighted by Gasteiger charge is 2.13. The average Bonchev–Trinajstić information content (AvgIpc) is 2.30. The van der Waals surface area contributed by atoms with E-state index < -0.39 is 0 Å². The maximum Gasteiger partial charge on any atom is 0.239 e. The first-order valence-corrected chi connectivity index (χ1v) is 5.96. The highest BCUT2D eigenvalue weighted by molar-refractivity contribution is 6.30. The van der Waals surface area contributed by atoms with Crippen molar-refractivity contribution < 1.29 is 4.79 Å². The molecule has 6 heteroatoms. The van der Waals surface area contributed by atoms with Gasteiger partial charge in [0, 0.05) is 37.4 Å². The van der Waals surface area contributed by atoms with Crippen LogP contribution in [-0.4, -0.2) is 48.5 Å². The number of piperazine rings is 1. The summed E-state index contributed by atoms with van der Waals surface area (Å²) in [5, 5.41) is 6.54. The number of pyridine rings is 1. The van der Waals surface area contributed by atoms with Crippen LogP contribution in [0, 0.1) is 0 Å². The van der Waals surface area contributed by atoms with Crippen molar-refractivity contribution in [3.63, 3.8) is 0 Å². The Hall–Kier alpha value is -1.17. The zero-order valence-corrected chi connectivity index (χ0v) is 10.2. The molecule has 0 radical (unpaired) electrons. The number of carbonyl (C=O) groups excluding carboxylic acids is 1. The molecule has 1 aliphatic heterocycles. The second-order valence-corrected chi connectivity index (χ2v) is 4.37. The quantitative estimate of drug-likeness (QED) is 0.829. The second-order valence-electron chi connectivity index (χ2n) is 3.93. The van der Waals surface area contributed by atoms with Crippen LogP contribution >= 0.6 is 11.6 Å². The van der Waals surface area contributed by atoms with Gasteiger partial charge in [0.25, 0.3) is 0 Å². The fourth-order valence-electron chi connectivity index (χ4n) is 1.73. The summed E-state index contributed by atoms with van der Waals surface area (Å²) in [5.74, 6) is 0.444. The molecule has 0 bridgehead atoms. The molecule has 2 rings (SSSR count). The molecule has 0 atom stereocenters. The van der Waals surface area contributed by atoms with E-state index in [4.69, 9.17) is 11.6 Å². The van der Waals surface area contributed by atoms with Crippen LogP contribution in [0.5, 0.6) is 0 Å². The number of nitrogens with one attached hydrogen (secondary N) is 2. The molecule has 1 saturated heterocycles. The summed E-state index contributed by atoms with van der Waals surface area (Å²) in [6, 6.07) is 3.31. The fourth-order valence-corrected chi connectivity index (χ4v) is 1.89. The molecule has 92 valence electrons. The van der Waals surface area contributed by atoms with Crippen LogP contribution in [0.4, 0.5) is 5.82 Å². The summed E-state index contributed by atoms with van der Waals surface area (Å²) in [5.41, 5.74) is 0. The van der Waals surface area contributed by atoms with Crippen molar-refractivity contribution in [3.8, 4) is 0 Å². The molecule has 2 N–H and O–H groups in total. The number of halogens is 1. The third-order valence-corrected chi connectivity index (χ3v) is 2.80. The van der Waals surface area contributed by atoms with Gasteiger partial charge in [-0.1, -0.05) is 11.6 Å². The van der Waals surface area contributed by atoms with E-state index in [1.807, 2.05) is 0 Å². The molecular formula is C11H15ClN4O. The van der Waals surface area contributed by atoms with Crippen molar-refractivity contribution >= 4 is 23.3 Å². The van der Waals surface area contributed by atoms with Crippen molar-refractivity contribution in [2.24, 2.45) is 0 Å². The van der Waals surface area contributed by atoms with Gasteiger partial charge in [-0.25, -0.2) is 4.98 Å². The summed E-state index contributed by atoms with van der Waals surface area (Å²) >= 11 is 5.81. The maximum atomic E-state index is 11.7. The van der Waals surface area contributed by atoms with E-state index >= 15 is 0 Å². The number of hydrogen-bond acceptors (Lipinski definition) is 4. The molecule has 1 fully saturated rings. The molecule has 5 nitrogen and oxygen atoms in total. The van der Waals surface area contributed by atoms with Crippen LogP contribution < -0.4 is 10.6 Å². The Labute approximate surface area is 105 Å². The molecule has 0 unspecified atom stereocenters. The molecule has 0 saturated carbocycles. The highest BCUT2D eigenvalue weighted by Crippen LogP contribution is 2.11. The monoisotopic (exact) mass is 254 g/mol. The van der Waals surface area contributed by atoms with Gasteiger partial charge in [-0.15, -0.1) is 0 Å². The van der Waals surface area contributed by atoms with Crippen LogP contribution in [0.25, 0.3) is 0 Å². The van der Waals surface area contributed by atoms with E-state index in [-0.39, 0.29) is 5.91 Å². The molecule has 1 aromatic heterocycles. The minimum Gasteiger partial charge on any atom is -0.314 e. The Morgan fingerprint density at radius 3 is 3.00 bits per heavy atom. The summed E-state index contributed by atoms with van der Waals surface area (Å²) in [7, 11) is 0. The Morgan fingerprint density at radius 2 is 2.29 bits per heavy atom. The predicted molar refractivity (Wildman–Crippen MR) is 67.2 cm³/mol. The molecule has 0 aliphatic carbocycles. The van der Waals surface area contributed by atoms with E-state index in [2.05, 4.69) is 20.5 Å². The normalized spacial score (nSPS) is 16.8. The van der Waals surface area contributed by atoms with Crippen molar-refractivity contribution in [2.45, 2.75) is 0 Å². The standard InChI is InChI=1S/C11H15ClN4O/c12-9-1-2-14-10(7-9)15-11(17)8-16-5-3-13-4-6-16/h1-2,7,13H,3-6,8H2,(H,14,15,17). The zero-order valence-electron chi connectivity index (χ0n) is 9.45. The average molecular weight is 255 g/mol. The fraction of sp³-hybridized carbons (Fsp3) is 0.455. The minimum absolute atomic E-state index is 0.0540. The first kappa shape index (κ1) is 12.3. The van der Waals surface area contributed by atoms with Gasteiger partial charge < -0.3 is 10.6 Å². The highest BCUT2D eigenvalue weighted by atomic mass is 35.5. The summed E-state index contributed by atoms with van der Waals surface area (Å²) in [6.07, 6.45) is 1.57. The Bertz CT molecular complexity index is 393. The van der Waals surface area contributed by atoms with E-state index in [9.17, 15) is 4.79 Å². The molecule has 0 spiro atoms. The molecule has 0 aromatic carbocycles. The smallest absolute Gasteiger partial charge is 0.239 e. The molecule has 2 heterocycles. The number of aromatic nitrogens is 1. The lowest BCUT2D eigenvalue weighted by Crippen LogP contribution is -2.46. The number of rotatable bonds is 3. The lowest BCUT2D eigenvalue weighted by atomic mass is 10.3. The molecule has 1 aliphatic rings. The van der Waals surface area contributed by atoms with Gasteiger partial charge in [-0.2, -0.15) is 0 Å². The van der Waals surface area contributed by atoms with Crippen molar-refractivity contribution in [3.05, 3.63) is 23.4 Å². The first-order valence-electron chi connectivity index (χ1n) is 5.58. The van der Waals surface area contributed by atoms with E-state index in [0.29, 0.717) is 17.4 Å². The second kappa shape index (κ2) is 5.95. The lowest BCUT2D eigenvalue weighted by Gasteiger charge is -2.26. The number of carbonyl (C=O) groups is 1. The molecule has 1 amide bonds. The number of nitrogens with zero attached hydrogens (tertiary/aromatic N) is 2. The van der Waals surface area contributed by atoms with E-state index in [1.54, 1.807) is 18.3 Å². The van der Waals surface area contributed by atoms with Crippen LogP contribution in [-0.2, 0) is 4.79 Å². The van der Waals surface area contributed by atoms with Gasteiger partial charge in [0.1, 0.15) is 5.82 Å². The van der Waals surface area contributed by atoms with Crippen molar-refractivity contribution in [1.82, 2.24) is 15.2 Å². The number of hydrogen-bond donors (Lipinski definition) is 2. The van der Waals surface area contributed by atoms with Gasteiger partial charge in [-0.3, -0.25) is 9.69 Å². The van der Waals surface area contributed by atoms with Crippen LogP contribution in [0.3, 0.4) is 0 Å². The summed E-state index contributed by atoms with van der Waals surface area (Å²) in [4.78, 5) is 17.9. The van der Waals surface area contributed by atoms with Crippen LogP contribution in [0.2, 0.25) is 5.02 Å². The number of amides is 1. The summed E-state index contributed by atoms with van der Waals surface area (Å²) < 4.78 is 0. The van der Waals surface area contributed by atoms with E-state index in [0.717, 1.165) is 26.2 Å². The molecule has 1 aromatic rings. The predicted octanol–water partition coefficient (Wildman–Crippen LogP) is 0.579. The molecule has 17 heavy (non-hydrogen) atoms. The van der Waals surface area contributed by atoms with Crippen LogP contribution in [0.1, 0.15) is 0 Å². The third kappa shape index (κ3) is 3.96. The minimum atomic E-state index is -0.0540. The first-order chi connectivity index (χ1) is 8.24. The summed E-state index contributed by atoms with van der Waals surface area (Å²) in [6.45, 7) is 4.06. The van der Waals surface area contributed by atoms with Crippen LogP contribution in [0.15, 0.2) is 18.3 Å². The Balaban J connectivity index is 1.84. The number of anilines is 1. The van der Waals surface area contributed by atoms with Gasteiger partial charge in [0.2, 0.25) is 5.91 Å². The van der Waals surface area contributed by atoms with Gasteiger partial charge >= 0.3 is 0 Å². The van der Waals surface area contributed by atoms with Crippen molar-refractivity contribution in [1.29, 1.82) is 0 Å². The van der Waals surface area contributed by atoms with Crippen molar-refractivity contribution in [2.75, 3.05) is 38.0 Å². The molecular weight excluding hydrogens is 240 g/mol. The maximum absolute atomic E-state index is 11.7.